The Morgan fingerprint density at radius 1 is 1.45 bits per heavy atom. The summed E-state index contributed by atoms with van der Waals surface area (Å²) >= 11 is 1.64. The molecular weight excluding hydrogens is 274 g/mol. The predicted octanol–water partition coefficient (Wildman–Crippen LogP) is 1.86. The van der Waals surface area contributed by atoms with Crippen molar-refractivity contribution in [1.82, 2.24) is 10.3 Å². The molecule has 0 saturated heterocycles. The van der Waals surface area contributed by atoms with Crippen LogP contribution in [0.3, 0.4) is 0 Å². The number of carbonyl (C=O) groups is 1. The van der Waals surface area contributed by atoms with Crippen LogP contribution in [0.1, 0.15) is 23.5 Å². The molecule has 0 fully saturated rings. The largest absolute Gasteiger partial charge is 0.484 e. The van der Waals surface area contributed by atoms with Gasteiger partial charge in [0.2, 0.25) is 0 Å². The van der Waals surface area contributed by atoms with E-state index in [1.54, 1.807) is 11.3 Å². The zero-order valence-corrected chi connectivity index (χ0v) is 12.0. The van der Waals surface area contributed by atoms with E-state index in [1.807, 2.05) is 35.8 Å². The SMILES string of the molecule is CC(NCc1ccc(OCC(N)=O)cc1)c1nccs1. The third kappa shape index (κ3) is 4.32. The van der Waals surface area contributed by atoms with Gasteiger partial charge in [-0.25, -0.2) is 4.98 Å². The molecular formula is C14H17N3O2S. The van der Waals surface area contributed by atoms with E-state index in [1.165, 1.54) is 0 Å². The maximum atomic E-state index is 10.6. The van der Waals surface area contributed by atoms with Crippen molar-refractivity contribution in [2.24, 2.45) is 5.73 Å². The molecule has 0 saturated carbocycles. The van der Waals surface area contributed by atoms with Crippen LogP contribution in [0.4, 0.5) is 0 Å². The van der Waals surface area contributed by atoms with E-state index in [4.69, 9.17) is 10.5 Å². The second kappa shape index (κ2) is 7.02. The Labute approximate surface area is 121 Å². The first-order valence-electron chi connectivity index (χ1n) is 6.28. The highest BCUT2D eigenvalue weighted by Crippen LogP contribution is 2.16. The van der Waals surface area contributed by atoms with Gasteiger partial charge in [-0.1, -0.05) is 12.1 Å². The summed E-state index contributed by atoms with van der Waals surface area (Å²) in [5.41, 5.74) is 6.16. The number of thiazole rings is 1. The molecule has 1 heterocycles. The van der Waals surface area contributed by atoms with Gasteiger partial charge in [-0.05, 0) is 24.6 Å². The minimum atomic E-state index is -0.479. The average molecular weight is 291 g/mol. The minimum absolute atomic E-state index is 0.0985. The van der Waals surface area contributed by atoms with Gasteiger partial charge in [0.25, 0.3) is 5.91 Å². The Bertz CT molecular complexity index is 540. The fourth-order valence-electron chi connectivity index (χ4n) is 1.66. The number of carbonyl (C=O) groups excluding carboxylic acids is 1. The number of hydrogen-bond donors (Lipinski definition) is 2. The van der Waals surface area contributed by atoms with Gasteiger partial charge in [0.15, 0.2) is 6.61 Å². The van der Waals surface area contributed by atoms with E-state index in [0.717, 1.165) is 17.1 Å². The number of primary amides is 1. The molecule has 1 aromatic heterocycles. The molecule has 6 heteroatoms. The molecule has 0 spiro atoms. The third-order valence-corrected chi connectivity index (χ3v) is 3.70. The molecule has 106 valence electrons. The monoisotopic (exact) mass is 291 g/mol. The molecule has 0 radical (unpaired) electrons. The average Bonchev–Trinajstić information content (AvgIpc) is 2.98. The number of benzene rings is 1. The van der Waals surface area contributed by atoms with Crippen LogP contribution in [0, 0.1) is 0 Å². The lowest BCUT2D eigenvalue weighted by Gasteiger charge is -2.11. The van der Waals surface area contributed by atoms with E-state index >= 15 is 0 Å². The first kappa shape index (κ1) is 14.5. The van der Waals surface area contributed by atoms with Gasteiger partial charge >= 0.3 is 0 Å². The second-order valence-corrected chi connectivity index (χ2v) is 5.30. The summed E-state index contributed by atoms with van der Waals surface area (Å²) in [4.78, 5) is 14.9. The van der Waals surface area contributed by atoms with Crippen LogP contribution in [0.5, 0.6) is 5.75 Å². The number of ether oxygens (including phenoxy) is 1. The van der Waals surface area contributed by atoms with Gasteiger partial charge in [0, 0.05) is 18.1 Å². The van der Waals surface area contributed by atoms with Crippen LogP contribution in [0.2, 0.25) is 0 Å². The van der Waals surface area contributed by atoms with E-state index in [2.05, 4.69) is 17.2 Å². The zero-order chi connectivity index (χ0) is 14.4. The third-order valence-electron chi connectivity index (χ3n) is 2.74. The molecule has 0 aliphatic heterocycles. The summed E-state index contributed by atoms with van der Waals surface area (Å²) in [5, 5.41) is 6.45. The van der Waals surface area contributed by atoms with Crippen LogP contribution in [0.15, 0.2) is 35.8 Å². The number of aromatic nitrogens is 1. The summed E-state index contributed by atoms with van der Waals surface area (Å²) in [6, 6.07) is 7.79. The zero-order valence-electron chi connectivity index (χ0n) is 11.2. The Morgan fingerprint density at radius 3 is 2.80 bits per heavy atom. The molecule has 0 aliphatic carbocycles. The van der Waals surface area contributed by atoms with Gasteiger partial charge in [-0.3, -0.25) is 4.79 Å². The van der Waals surface area contributed by atoms with Crippen molar-refractivity contribution in [3.05, 3.63) is 46.4 Å². The first-order valence-corrected chi connectivity index (χ1v) is 7.16. The van der Waals surface area contributed by atoms with Crippen LogP contribution in [-0.2, 0) is 11.3 Å². The van der Waals surface area contributed by atoms with E-state index in [-0.39, 0.29) is 12.6 Å². The summed E-state index contributed by atoms with van der Waals surface area (Å²) in [5.74, 6) is 0.161. The quantitative estimate of drug-likeness (QED) is 0.816. The fourth-order valence-corrected chi connectivity index (χ4v) is 2.33. The molecule has 1 amide bonds. The molecule has 20 heavy (non-hydrogen) atoms. The molecule has 3 N–H and O–H groups in total. The predicted molar refractivity (Wildman–Crippen MR) is 78.5 cm³/mol. The van der Waals surface area contributed by atoms with E-state index < -0.39 is 5.91 Å². The van der Waals surface area contributed by atoms with E-state index in [0.29, 0.717) is 5.75 Å². The molecule has 0 aliphatic rings. The normalized spacial score (nSPS) is 12.1. The van der Waals surface area contributed by atoms with Crippen molar-refractivity contribution in [1.29, 1.82) is 0 Å². The molecule has 0 bridgehead atoms. The fraction of sp³-hybridized carbons (Fsp3) is 0.286. The van der Waals surface area contributed by atoms with Crippen molar-refractivity contribution >= 4 is 17.2 Å². The Hall–Kier alpha value is -1.92. The second-order valence-electron chi connectivity index (χ2n) is 4.37. The highest BCUT2D eigenvalue weighted by atomic mass is 32.1. The standard InChI is InChI=1S/C14H17N3O2S/c1-10(14-16-6-7-20-14)17-8-11-2-4-12(5-3-11)19-9-13(15)18/h2-7,10,17H,8-9H2,1H3,(H2,15,18). The Kier molecular flexibility index (Phi) is 5.09. The molecule has 2 aromatic rings. The molecule has 1 unspecified atom stereocenters. The molecule has 1 atom stereocenters. The maximum Gasteiger partial charge on any atom is 0.255 e. The lowest BCUT2D eigenvalue weighted by molar-refractivity contribution is -0.119. The summed E-state index contributed by atoms with van der Waals surface area (Å²) in [6.45, 7) is 2.73. The first-order chi connectivity index (χ1) is 9.65. The van der Waals surface area contributed by atoms with Crippen molar-refractivity contribution in [2.45, 2.75) is 19.5 Å². The van der Waals surface area contributed by atoms with Gasteiger partial charge in [0.1, 0.15) is 10.8 Å². The van der Waals surface area contributed by atoms with Gasteiger partial charge in [0.05, 0.1) is 6.04 Å². The smallest absolute Gasteiger partial charge is 0.255 e. The molecule has 1 aromatic carbocycles. The highest BCUT2D eigenvalue weighted by molar-refractivity contribution is 7.09. The summed E-state index contributed by atoms with van der Waals surface area (Å²) < 4.78 is 5.20. The van der Waals surface area contributed by atoms with Crippen LogP contribution < -0.4 is 15.8 Å². The lowest BCUT2D eigenvalue weighted by Crippen LogP contribution is -2.20. The van der Waals surface area contributed by atoms with Gasteiger partial charge in [-0.15, -0.1) is 11.3 Å². The highest BCUT2D eigenvalue weighted by Gasteiger charge is 2.07. The van der Waals surface area contributed by atoms with Crippen molar-refractivity contribution in [3.63, 3.8) is 0 Å². The number of amides is 1. The maximum absolute atomic E-state index is 10.6. The lowest BCUT2D eigenvalue weighted by atomic mass is 10.2. The van der Waals surface area contributed by atoms with Crippen LogP contribution >= 0.6 is 11.3 Å². The molecule has 2 rings (SSSR count). The van der Waals surface area contributed by atoms with Gasteiger partial charge in [-0.2, -0.15) is 0 Å². The minimum Gasteiger partial charge on any atom is -0.484 e. The number of nitrogens with two attached hydrogens (primary N) is 1. The van der Waals surface area contributed by atoms with Crippen LogP contribution in [-0.4, -0.2) is 17.5 Å². The van der Waals surface area contributed by atoms with Crippen molar-refractivity contribution < 1.29 is 9.53 Å². The Morgan fingerprint density at radius 2 is 2.20 bits per heavy atom. The van der Waals surface area contributed by atoms with Crippen molar-refractivity contribution in [3.8, 4) is 5.75 Å². The van der Waals surface area contributed by atoms with Crippen LogP contribution in [0.25, 0.3) is 0 Å². The number of rotatable bonds is 7. The summed E-state index contributed by atoms with van der Waals surface area (Å²) in [7, 11) is 0. The molecule has 5 nitrogen and oxygen atoms in total. The summed E-state index contributed by atoms with van der Waals surface area (Å²) in [6.07, 6.45) is 1.81. The number of nitrogens with one attached hydrogen (secondary N) is 1. The Balaban J connectivity index is 1.83. The van der Waals surface area contributed by atoms with Gasteiger partial charge < -0.3 is 15.8 Å². The topological polar surface area (TPSA) is 77.2 Å². The van der Waals surface area contributed by atoms with Crippen molar-refractivity contribution in [2.75, 3.05) is 6.61 Å². The number of nitrogens with zero attached hydrogens (tertiary/aromatic N) is 1. The number of hydrogen-bond acceptors (Lipinski definition) is 5. The van der Waals surface area contributed by atoms with E-state index in [9.17, 15) is 4.79 Å².